The quantitative estimate of drug-likeness (QED) is 0.277. The van der Waals surface area contributed by atoms with Crippen molar-refractivity contribution in [3.05, 3.63) is 95.7 Å². The van der Waals surface area contributed by atoms with E-state index in [1.807, 2.05) is 48.5 Å². The number of aromatic nitrogens is 2. The molecule has 5 rings (SSSR count). The van der Waals surface area contributed by atoms with E-state index >= 15 is 0 Å². The van der Waals surface area contributed by atoms with Crippen LogP contribution >= 0.6 is 0 Å². The summed E-state index contributed by atoms with van der Waals surface area (Å²) >= 11 is 0. The van der Waals surface area contributed by atoms with E-state index in [1.165, 1.54) is 17.0 Å². The van der Waals surface area contributed by atoms with E-state index in [9.17, 15) is 24.6 Å². The second-order valence-electron chi connectivity index (χ2n) is 9.73. The number of carboxylic acid groups (broad SMARTS) is 1. The van der Waals surface area contributed by atoms with Crippen molar-refractivity contribution in [3.63, 3.8) is 0 Å². The maximum atomic E-state index is 12.8. The third-order valence-electron chi connectivity index (χ3n) is 6.94. The Hall–Kier alpha value is -5.18. The fraction of sp³-hybridized carbons (Fsp3) is 0.161. The molecule has 1 amide bonds. The summed E-state index contributed by atoms with van der Waals surface area (Å²) in [5.41, 5.74) is 3.77. The lowest BCUT2D eigenvalue weighted by molar-refractivity contribution is -0.128. The molecule has 0 aliphatic carbocycles. The molecule has 40 heavy (non-hydrogen) atoms. The summed E-state index contributed by atoms with van der Waals surface area (Å²) in [7, 11) is 5.00. The third-order valence-corrected chi connectivity index (χ3v) is 6.94. The number of benzene rings is 3. The Morgan fingerprint density at radius 3 is 2.33 bits per heavy atom. The normalized spacial score (nSPS) is 11.7. The van der Waals surface area contributed by atoms with Crippen molar-refractivity contribution in [3.8, 4) is 5.88 Å². The van der Waals surface area contributed by atoms with Crippen LogP contribution in [0.15, 0.2) is 84.0 Å². The summed E-state index contributed by atoms with van der Waals surface area (Å²) in [4.78, 5) is 42.7. The largest absolute Gasteiger partial charge is 0.494 e. The fourth-order valence-electron chi connectivity index (χ4n) is 4.75. The van der Waals surface area contributed by atoms with E-state index in [0.717, 1.165) is 10.9 Å². The first-order valence-corrected chi connectivity index (χ1v) is 12.7. The highest BCUT2D eigenvalue weighted by Gasteiger charge is 2.22. The second kappa shape index (κ2) is 10.5. The van der Waals surface area contributed by atoms with Gasteiger partial charge in [0.15, 0.2) is 0 Å². The molecule has 0 saturated heterocycles. The van der Waals surface area contributed by atoms with Gasteiger partial charge in [-0.05, 0) is 36.4 Å². The predicted molar refractivity (Wildman–Crippen MR) is 154 cm³/mol. The molecule has 0 spiro atoms. The monoisotopic (exact) mass is 536 g/mol. The molecule has 0 aliphatic heterocycles. The first-order chi connectivity index (χ1) is 19.2. The molecule has 0 atom stereocenters. The number of rotatable bonds is 7. The number of aromatic hydroxyl groups is 1. The zero-order valence-electron chi connectivity index (χ0n) is 22.3. The van der Waals surface area contributed by atoms with Crippen molar-refractivity contribution in [2.75, 3.05) is 14.1 Å². The van der Waals surface area contributed by atoms with Gasteiger partial charge in [-0.1, -0.05) is 36.4 Å². The van der Waals surface area contributed by atoms with E-state index in [4.69, 9.17) is 4.99 Å². The molecule has 0 unspecified atom stereocenters. The summed E-state index contributed by atoms with van der Waals surface area (Å²) in [5, 5.41) is 22.1. The van der Waals surface area contributed by atoms with Crippen molar-refractivity contribution < 1.29 is 24.6 Å². The molecule has 9 heteroatoms. The Bertz CT molecular complexity index is 1810. The Kier molecular flexibility index (Phi) is 6.96. The molecule has 2 N–H and O–H groups in total. The Morgan fingerprint density at radius 1 is 0.875 bits per heavy atom. The molecular formula is C31H28N4O5. The van der Waals surface area contributed by atoms with Gasteiger partial charge in [-0.15, -0.1) is 0 Å². The van der Waals surface area contributed by atoms with Gasteiger partial charge in [0.05, 0.1) is 33.6 Å². The minimum atomic E-state index is -1.05. The summed E-state index contributed by atoms with van der Waals surface area (Å²) in [6, 6.07) is 21.4. The maximum absolute atomic E-state index is 12.8. The smallest absolute Gasteiger partial charge is 0.335 e. The summed E-state index contributed by atoms with van der Waals surface area (Å²) in [6.45, 7) is 0. The first-order valence-electron chi connectivity index (χ1n) is 12.7. The average Bonchev–Trinajstić information content (AvgIpc) is 3.48. The predicted octanol–water partition coefficient (Wildman–Crippen LogP) is 5.21. The standard InChI is InChI=1S/C31H28N4O5/c1-33(2)26(36)13-14-27(37)35-16-15-20-17-22(10-12-24(20)35)32-29(19-7-5-4-6-8-19)28-23-11-9-21(31(39)40)18-25(23)34(3)30(28)38/h4-12,15-18,38H,13-14H2,1-3H3,(H,39,40). The van der Waals surface area contributed by atoms with Crippen LogP contribution in [0.25, 0.3) is 21.8 Å². The molecule has 2 aromatic heterocycles. The van der Waals surface area contributed by atoms with Crippen LogP contribution in [0.1, 0.15) is 39.1 Å². The van der Waals surface area contributed by atoms with Crippen molar-refractivity contribution >= 4 is 51.0 Å². The Balaban J connectivity index is 1.59. The highest BCUT2D eigenvalue weighted by atomic mass is 16.4. The van der Waals surface area contributed by atoms with Gasteiger partial charge >= 0.3 is 5.97 Å². The number of aliphatic imine (C=N–C) groups is 1. The van der Waals surface area contributed by atoms with Gasteiger partial charge in [0.1, 0.15) is 0 Å². The molecular weight excluding hydrogens is 508 g/mol. The van der Waals surface area contributed by atoms with Crippen LogP contribution in [0.3, 0.4) is 0 Å². The van der Waals surface area contributed by atoms with E-state index < -0.39 is 5.97 Å². The van der Waals surface area contributed by atoms with Crippen molar-refractivity contribution in [1.82, 2.24) is 14.0 Å². The van der Waals surface area contributed by atoms with E-state index in [1.54, 1.807) is 48.6 Å². The van der Waals surface area contributed by atoms with E-state index in [-0.39, 0.29) is 36.1 Å². The number of nitrogens with zero attached hydrogens (tertiary/aromatic N) is 4. The molecule has 202 valence electrons. The van der Waals surface area contributed by atoms with Crippen molar-refractivity contribution in [1.29, 1.82) is 0 Å². The number of carboxylic acids is 1. The SMILES string of the molecule is CN(C)C(=O)CCC(=O)n1ccc2cc(N=C(c3ccccc3)c3c(O)n(C)c4cc(C(=O)O)ccc34)ccc21. The van der Waals surface area contributed by atoms with Crippen LogP contribution in [0, 0.1) is 0 Å². The molecule has 0 bridgehead atoms. The van der Waals surface area contributed by atoms with Crippen LogP contribution in [0.5, 0.6) is 5.88 Å². The van der Waals surface area contributed by atoms with Gasteiger partial charge in [-0.3, -0.25) is 14.2 Å². The average molecular weight is 537 g/mol. The maximum Gasteiger partial charge on any atom is 0.335 e. The number of aryl methyl sites for hydroxylation is 1. The zero-order valence-corrected chi connectivity index (χ0v) is 22.3. The van der Waals surface area contributed by atoms with Gasteiger partial charge in [0.2, 0.25) is 17.7 Å². The summed E-state index contributed by atoms with van der Waals surface area (Å²) in [5.74, 6) is -1.37. The lowest BCUT2D eigenvalue weighted by Crippen LogP contribution is -2.23. The summed E-state index contributed by atoms with van der Waals surface area (Å²) in [6.07, 6.45) is 1.93. The molecule has 0 saturated carbocycles. The molecule has 0 aliphatic rings. The second-order valence-corrected chi connectivity index (χ2v) is 9.73. The van der Waals surface area contributed by atoms with Gasteiger partial charge in [-0.25, -0.2) is 9.79 Å². The van der Waals surface area contributed by atoms with Crippen LogP contribution in [0.4, 0.5) is 5.69 Å². The van der Waals surface area contributed by atoms with Crippen LogP contribution in [-0.2, 0) is 11.8 Å². The van der Waals surface area contributed by atoms with Crippen molar-refractivity contribution in [2.24, 2.45) is 12.0 Å². The molecule has 0 fully saturated rings. The Labute approximate surface area is 230 Å². The number of hydrogen-bond acceptors (Lipinski definition) is 5. The topological polar surface area (TPSA) is 117 Å². The van der Waals surface area contributed by atoms with E-state index in [0.29, 0.717) is 33.4 Å². The third kappa shape index (κ3) is 4.84. The van der Waals surface area contributed by atoms with Gasteiger partial charge < -0.3 is 19.7 Å². The number of aromatic carboxylic acids is 1. The minimum Gasteiger partial charge on any atom is -0.494 e. The molecule has 0 radical (unpaired) electrons. The lowest BCUT2D eigenvalue weighted by Gasteiger charge is -2.10. The number of carbonyl (C=O) groups is 3. The molecule has 5 aromatic rings. The Morgan fingerprint density at radius 2 is 1.62 bits per heavy atom. The molecule has 9 nitrogen and oxygen atoms in total. The number of carbonyl (C=O) groups excluding carboxylic acids is 2. The zero-order chi connectivity index (χ0) is 28.6. The van der Waals surface area contributed by atoms with Crippen LogP contribution < -0.4 is 0 Å². The number of hydrogen-bond donors (Lipinski definition) is 2. The van der Waals surface area contributed by atoms with Gasteiger partial charge in [-0.2, -0.15) is 0 Å². The highest BCUT2D eigenvalue weighted by molar-refractivity contribution is 6.22. The summed E-state index contributed by atoms with van der Waals surface area (Å²) < 4.78 is 3.09. The minimum absolute atomic E-state index is 0.0368. The first kappa shape index (κ1) is 26.4. The molecule has 2 heterocycles. The van der Waals surface area contributed by atoms with Gasteiger partial charge in [0.25, 0.3) is 0 Å². The molecule has 3 aromatic carbocycles. The number of fused-ring (bicyclic) bond motifs is 2. The number of amides is 1. The van der Waals surface area contributed by atoms with Crippen LogP contribution in [0.2, 0.25) is 0 Å². The fourth-order valence-corrected chi connectivity index (χ4v) is 4.75. The van der Waals surface area contributed by atoms with Crippen LogP contribution in [-0.4, -0.2) is 61.8 Å². The van der Waals surface area contributed by atoms with E-state index in [2.05, 4.69) is 0 Å². The van der Waals surface area contributed by atoms with Crippen molar-refractivity contribution in [2.45, 2.75) is 12.8 Å². The lowest BCUT2D eigenvalue weighted by atomic mass is 10.00. The highest BCUT2D eigenvalue weighted by Crippen LogP contribution is 2.35. The van der Waals surface area contributed by atoms with Gasteiger partial charge in [0, 0.05) is 56.5 Å².